The summed E-state index contributed by atoms with van der Waals surface area (Å²) in [7, 11) is 3.31. The monoisotopic (exact) mass is 335 g/mol. The minimum Gasteiger partial charge on any atom is -0.382 e. The molecule has 21 heavy (non-hydrogen) atoms. The van der Waals surface area contributed by atoms with Gasteiger partial charge < -0.3 is 16.0 Å². The average Bonchev–Trinajstić information content (AvgIpc) is 2.69. The molecular formula is C12H25N5O2S2. The minimum atomic E-state index is -3.61. The van der Waals surface area contributed by atoms with Crippen LogP contribution in [0.5, 0.6) is 0 Å². The Hall–Kier alpha value is -0.900. The highest BCUT2D eigenvalue weighted by Crippen LogP contribution is 2.34. The van der Waals surface area contributed by atoms with Crippen molar-refractivity contribution in [2.45, 2.75) is 24.8 Å². The van der Waals surface area contributed by atoms with Gasteiger partial charge in [-0.1, -0.05) is 13.8 Å². The van der Waals surface area contributed by atoms with E-state index in [2.05, 4.69) is 28.4 Å². The van der Waals surface area contributed by atoms with Crippen molar-refractivity contribution in [1.29, 1.82) is 0 Å². The first kappa shape index (κ1) is 18.1. The maximum absolute atomic E-state index is 12.4. The van der Waals surface area contributed by atoms with Gasteiger partial charge in [0.25, 0.3) is 0 Å². The van der Waals surface area contributed by atoms with Gasteiger partial charge in [-0.05, 0) is 31.5 Å². The molecule has 1 rings (SSSR count). The molecule has 7 nitrogen and oxygen atoms in total. The third-order valence-electron chi connectivity index (χ3n) is 3.10. The summed E-state index contributed by atoms with van der Waals surface area (Å²) in [4.78, 5) is 2.13. The lowest BCUT2D eigenvalue weighted by Gasteiger charge is -2.26. The van der Waals surface area contributed by atoms with Gasteiger partial charge in [-0.3, -0.25) is 0 Å². The summed E-state index contributed by atoms with van der Waals surface area (Å²) in [5.41, 5.74) is 5.76. The Kier molecular flexibility index (Phi) is 5.97. The maximum atomic E-state index is 12.4. The molecule has 1 atom stereocenters. The zero-order chi connectivity index (χ0) is 16.4. The zero-order valence-corrected chi connectivity index (χ0v) is 15.0. The molecule has 1 aromatic rings. The molecule has 0 aliphatic carbocycles. The fourth-order valence-corrected chi connectivity index (χ4v) is 3.93. The largest absolute Gasteiger partial charge is 0.382 e. The van der Waals surface area contributed by atoms with Crippen molar-refractivity contribution in [3.63, 3.8) is 0 Å². The lowest BCUT2D eigenvalue weighted by molar-refractivity contribution is 0.344. The van der Waals surface area contributed by atoms with Gasteiger partial charge in [0, 0.05) is 26.7 Å². The van der Waals surface area contributed by atoms with Crippen molar-refractivity contribution >= 4 is 32.4 Å². The van der Waals surface area contributed by atoms with E-state index in [1.807, 2.05) is 14.1 Å². The molecule has 1 unspecified atom stereocenters. The van der Waals surface area contributed by atoms with Gasteiger partial charge in [0.05, 0.1) is 0 Å². The Balaban J connectivity index is 3.16. The van der Waals surface area contributed by atoms with Crippen LogP contribution >= 0.6 is 11.5 Å². The van der Waals surface area contributed by atoms with Crippen LogP contribution in [0, 0.1) is 5.92 Å². The summed E-state index contributed by atoms with van der Waals surface area (Å²) >= 11 is 1.08. The Labute approximate surface area is 131 Å². The Morgan fingerprint density at radius 3 is 2.29 bits per heavy atom. The Morgan fingerprint density at radius 1 is 1.29 bits per heavy atom. The summed E-state index contributed by atoms with van der Waals surface area (Å²) in [6.45, 7) is 4.97. The fraction of sp³-hybridized carbons (Fsp3) is 0.750. The van der Waals surface area contributed by atoms with Crippen molar-refractivity contribution in [3.8, 4) is 0 Å². The topological polar surface area (TPSA) is 91.6 Å². The molecular weight excluding hydrogens is 310 g/mol. The molecule has 0 fully saturated rings. The summed E-state index contributed by atoms with van der Waals surface area (Å²) < 4.78 is 29.9. The molecule has 0 saturated heterocycles. The fourth-order valence-electron chi connectivity index (χ4n) is 1.80. The van der Waals surface area contributed by atoms with Crippen molar-refractivity contribution in [2.24, 2.45) is 5.92 Å². The van der Waals surface area contributed by atoms with E-state index in [1.165, 1.54) is 14.1 Å². The zero-order valence-electron chi connectivity index (χ0n) is 13.4. The quantitative estimate of drug-likeness (QED) is 0.771. The number of nitrogens with one attached hydrogen (secondary N) is 1. The van der Waals surface area contributed by atoms with Crippen molar-refractivity contribution in [3.05, 3.63) is 0 Å². The van der Waals surface area contributed by atoms with E-state index < -0.39 is 10.0 Å². The molecule has 0 bridgehead atoms. The van der Waals surface area contributed by atoms with E-state index in [4.69, 9.17) is 5.73 Å². The van der Waals surface area contributed by atoms with Gasteiger partial charge in [0.15, 0.2) is 10.7 Å². The number of rotatable bonds is 7. The number of sulfonamides is 1. The number of likely N-dealkylation sites (N-methyl/N-ethyl adjacent to an activating group) is 1. The van der Waals surface area contributed by atoms with Gasteiger partial charge in [-0.2, -0.15) is 4.37 Å². The van der Waals surface area contributed by atoms with E-state index in [9.17, 15) is 8.42 Å². The van der Waals surface area contributed by atoms with Crippen molar-refractivity contribution in [1.82, 2.24) is 13.6 Å². The van der Waals surface area contributed by atoms with Crippen molar-refractivity contribution in [2.75, 3.05) is 45.8 Å². The molecule has 0 aliphatic rings. The number of nitrogens with two attached hydrogens (primary N) is 1. The highest BCUT2D eigenvalue weighted by Gasteiger charge is 2.29. The number of anilines is 2. The summed E-state index contributed by atoms with van der Waals surface area (Å²) in [6, 6.07) is 0.107. The van der Waals surface area contributed by atoms with Gasteiger partial charge >= 0.3 is 0 Å². The van der Waals surface area contributed by atoms with Crippen LogP contribution in [0.25, 0.3) is 0 Å². The highest BCUT2D eigenvalue weighted by molar-refractivity contribution is 7.89. The van der Waals surface area contributed by atoms with E-state index >= 15 is 0 Å². The van der Waals surface area contributed by atoms with Crippen LogP contribution in [0.1, 0.15) is 13.8 Å². The van der Waals surface area contributed by atoms with Gasteiger partial charge in [-0.15, -0.1) is 0 Å². The predicted octanol–water partition coefficient (Wildman–Crippen LogP) is 0.974. The van der Waals surface area contributed by atoms with Gasteiger partial charge in [0.1, 0.15) is 5.00 Å². The molecule has 0 radical (unpaired) electrons. The summed E-state index contributed by atoms with van der Waals surface area (Å²) in [5.74, 6) is 0.384. The molecule has 1 heterocycles. The molecule has 0 aromatic carbocycles. The number of hydrogen-bond acceptors (Lipinski definition) is 7. The van der Waals surface area contributed by atoms with E-state index in [0.29, 0.717) is 10.9 Å². The van der Waals surface area contributed by atoms with Gasteiger partial charge in [-0.25, -0.2) is 12.7 Å². The molecule has 0 saturated carbocycles. The predicted molar refractivity (Wildman–Crippen MR) is 88.2 cm³/mol. The van der Waals surface area contributed by atoms with Crippen LogP contribution < -0.4 is 11.1 Å². The number of hydrogen-bond donors (Lipinski definition) is 2. The van der Waals surface area contributed by atoms with Crippen LogP contribution in [0.3, 0.4) is 0 Å². The Morgan fingerprint density at radius 2 is 1.86 bits per heavy atom. The molecule has 0 aliphatic heterocycles. The first-order valence-corrected chi connectivity index (χ1v) is 8.87. The van der Waals surface area contributed by atoms with E-state index in [-0.39, 0.29) is 16.8 Å². The molecule has 122 valence electrons. The summed E-state index contributed by atoms with van der Waals surface area (Å²) in [5, 5.41) is 3.79. The molecule has 1 aromatic heterocycles. The SMILES string of the molecule is CC(C)C(CN(C)C)Nc1snc(N)c1S(=O)(=O)N(C)C. The van der Waals surface area contributed by atoms with Crippen molar-refractivity contribution < 1.29 is 8.42 Å². The van der Waals surface area contributed by atoms with Crippen LogP contribution in [-0.4, -0.2) is 62.8 Å². The van der Waals surface area contributed by atoms with Crippen LogP contribution in [0.15, 0.2) is 4.90 Å². The molecule has 0 spiro atoms. The summed E-state index contributed by atoms with van der Waals surface area (Å²) in [6.07, 6.45) is 0. The van der Waals surface area contributed by atoms with Crippen LogP contribution in [0.2, 0.25) is 0 Å². The second-order valence-electron chi connectivity index (χ2n) is 5.77. The highest BCUT2D eigenvalue weighted by atomic mass is 32.2. The maximum Gasteiger partial charge on any atom is 0.249 e. The van der Waals surface area contributed by atoms with Crippen LogP contribution in [-0.2, 0) is 10.0 Å². The average molecular weight is 335 g/mol. The molecule has 9 heteroatoms. The second-order valence-corrected chi connectivity index (χ2v) is 8.63. The van der Waals surface area contributed by atoms with Gasteiger partial charge in [0.2, 0.25) is 10.0 Å². The normalized spacial score (nSPS) is 14.1. The molecule has 0 amide bonds. The Bertz CT molecular complexity index is 566. The smallest absolute Gasteiger partial charge is 0.249 e. The minimum absolute atomic E-state index is 0.0450. The standard InChI is InChI=1S/C12H25N5O2S2/c1-8(2)9(7-16(3)4)14-12-10(11(13)15-20-12)21(18,19)17(5)6/h8-9,14H,7H2,1-6H3,(H2,13,15). The number of nitrogen functional groups attached to an aromatic ring is 1. The van der Waals surface area contributed by atoms with E-state index in [1.54, 1.807) is 0 Å². The van der Waals surface area contributed by atoms with E-state index in [0.717, 1.165) is 22.4 Å². The number of aromatic nitrogens is 1. The third kappa shape index (κ3) is 4.29. The molecule has 3 N–H and O–H groups in total. The first-order valence-electron chi connectivity index (χ1n) is 6.66. The second kappa shape index (κ2) is 6.91. The third-order valence-corrected chi connectivity index (χ3v) is 5.91. The number of nitrogens with zero attached hydrogens (tertiary/aromatic N) is 3. The lowest BCUT2D eigenvalue weighted by Crippen LogP contribution is -2.36. The van der Waals surface area contributed by atoms with Crippen LogP contribution in [0.4, 0.5) is 10.8 Å². The first-order chi connectivity index (χ1) is 9.57. The lowest BCUT2D eigenvalue weighted by atomic mass is 10.0.